The maximum atomic E-state index is 13.0. The summed E-state index contributed by atoms with van der Waals surface area (Å²) in [5.41, 5.74) is 5.92. The van der Waals surface area contributed by atoms with Gasteiger partial charge in [0.05, 0.1) is 0 Å². The Balaban J connectivity index is 1.56. The van der Waals surface area contributed by atoms with Crippen molar-refractivity contribution < 1.29 is 4.79 Å². The summed E-state index contributed by atoms with van der Waals surface area (Å²) < 4.78 is 0. The third-order valence-electron chi connectivity index (χ3n) is 5.15. The second-order valence-corrected chi connectivity index (χ2v) is 6.94. The van der Waals surface area contributed by atoms with Crippen LogP contribution in [0.4, 0.5) is 0 Å². The lowest BCUT2D eigenvalue weighted by atomic mass is 9.79. The quantitative estimate of drug-likeness (QED) is 0.639. The van der Waals surface area contributed by atoms with Crippen molar-refractivity contribution in [1.29, 1.82) is 0 Å². The van der Waals surface area contributed by atoms with Gasteiger partial charge in [-0.2, -0.15) is 0 Å². The fourth-order valence-electron chi connectivity index (χ4n) is 3.79. The van der Waals surface area contributed by atoms with Crippen molar-refractivity contribution in [1.82, 2.24) is 0 Å². The van der Waals surface area contributed by atoms with E-state index in [0.717, 1.165) is 31.2 Å². The molecule has 3 aromatic rings. The van der Waals surface area contributed by atoms with Crippen LogP contribution in [0.25, 0.3) is 0 Å². The summed E-state index contributed by atoms with van der Waals surface area (Å²) in [6, 6.07) is 27.3. The van der Waals surface area contributed by atoms with E-state index in [4.69, 9.17) is 0 Å². The van der Waals surface area contributed by atoms with Gasteiger partial charge < -0.3 is 0 Å². The van der Waals surface area contributed by atoms with Gasteiger partial charge in [0, 0.05) is 11.5 Å². The number of carbonyl (C=O) groups is 1. The Morgan fingerprint density at radius 3 is 2.16 bits per heavy atom. The Morgan fingerprint density at radius 1 is 0.760 bits per heavy atom. The molecule has 0 fully saturated rings. The number of rotatable bonds is 4. The molecular weight excluding hydrogens is 304 g/mol. The van der Waals surface area contributed by atoms with Crippen molar-refractivity contribution in [2.75, 3.05) is 0 Å². The molecule has 1 heteroatoms. The average Bonchev–Trinajstić information content (AvgIpc) is 2.66. The minimum absolute atomic E-state index is 0.113. The van der Waals surface area contributed by atoms with Crippen molar-refractivity contribution >= 4 is 5.78 Å². The minimum atomic E-state index is 0.113. The van der Waals surface area contributed by atoms with Crippen LogP contribution in [0, 0.1) is 5.92 Å². The molecule has 0 amide bonds. The number of benzene rings is 3. The molecule has 4 rings (SSSR count). The Kier molecular flexibility index (Phi) is 4.47. The Hall–Kier alpha value is -2.67. The van der Waals surface area contributed by atoms with E-state index in [2.05, 4.69) is 66.7 Å². The zero-order chi connectivity index (χ0) is 17.1. The number of carbonyl (C=O) groups excluding carboxylic acids is 1. The molecule has 0 spiro atoms. The number of fused-ring (bicyclic) bond motifs is 1. The van der Waals surface area contributed by atoms with Gasteiger partial charge in [-0.1, -0.05) is 72.8 Å². The summed E-state index contributed by atoms with van der Waals surface area (Å²) in [7, 11) is 0. The molecule has 0 aliphatic heterocycles. The molecule has 0 bridgehead atoms. The summed E-state index contributed by atoms with van der Waals surface area (Å²) >= 11 is 0. The fourth-order valence-corrected chi connectivity index (χ4v) is 3.79. The maximum Gasteiger partial charge on any atom is 0.166 e. The highest BCUT2D eigenvalue weighted by Crippen LogP contribution is 2.29. The molecule has 0 N–H and O–H groups in total. The lowest BCUT2D eigenvalue weighted by Gasteiger charge is -2.24. The fraction of sp³-hybridized carbons (Fsp3) is 0.208. The normalized spacial score (nSPS) is 16.5. The average molecular weight is 326 g/mol. The van der Waals surface area contributed by atoms with Gasteiger partial charge in [-0.3, -0.25) is 4.79 Å². The second-order valence-electron chi connectivity index (χ2n) is 6.94. The summed E-state index contributed by atoms with van der Waals surface area (Å²) in [4.78, 5) is 13.0. The topological polar surface area (TPSA) is 17.1 Å². The Labute approximate surface area is 149 Å². The van der Waals surface area contributed by atoms with Crippen LogP contribution in [0.15, 0.2) is 78.9 Å². The molecule has 1 unspecified atom stereocenters. The highest BCUT2D eigenvalue weighted by atomic mass is 16.1. The first-order chi connectivity index (χ1) is 12.3. The molecule has 0 aromatic heterocycles. The summed E-state index contributed by atoms with van der Waals surface area (Å²) in [6.07, 6.45) is 3.69. The van der Waals surface area contributed by atoms with Gasteiger partial charge in [-0.05, 0) is 54.0 Å². The molecule has 0 heterocycles. The summed E-state index contributed by atoms with van der Waals surface area (Å²) in [6.45, 7) is 0. The standard InChI is InChI=1S/C24H22O/c25-24-22(16-19-9-5-2-6-10-19)14-13-21-12-11-20(17-23(21)24)15-18-7-3-1-4-8-18/h1-12,17,22H,13-16H2. The van der Waals surface area contributed by atoms with Crippen LogP contribution < -0.4 is 0 Å². The van der Waals surface area contributed by atoms with E-state index < -0.39 is 0 Å². The predicted molar refractivity (Wildman–Crippen MR) is 102 cm³/mol. The van der Waals surface area contributed by atoms with E-state index >= 15 is 0 Å². The summed E-state index contributed by atoms with van der Waals surface area (Å²) in [5, 5.41) is 0. The summed E-state index contributed by atoms with van der Waals surface area (Å²) in [5.74, 6) is 0.432. The van der Waals surface area contributed by atoms with Crippen molar-refractivity contribution in [3.05, 3.63) is 107 Å². The molecule has 1 nitrogen and oxygen atoms in total. The van der Waals surface area contributed by atoms with Gasteiger partial charge in [-0.25, -0.2) is 0 Å². The van der Waals surface area contributed by atoms with E-state index in [0.29, 0.717) is 5.78 Å². The smallest absolute Gasteiger partial charge is 0.166 e. The van der Waals surface area contributed by atoms with Crippen LogP contribution >= 0.6 is 0 Å². The molecule has 1 atom stereocenters. The molecule has 0 radical (unpaired) electrons. The minimum Gasteiger partial charge on any atom is -0.294 e. The van der Waals surface area contributed by atoms with E-state index in [1.54, 1.807) is 0 Å². The van der Waals surface area contributed by atoms with Gasteiger partial charge in [0.1, 0.15) is 0 Å². The molecule has 0 saturated heterocycles. The van der Waals surface area contributed by atoms with Gasteiger partial charge in [-0.15, -0.1) is 0 Å². The van der Waals surface area contributed by atoms with E-state index in [1.807, 2.05) is 12.1 Å². The van der Waals surface area contributed by atoms with Crippen LogP contribution in [-0.2, 0) is 19.3 Å². The molecule has 124 valence electrons. The number of ketones is 1. The molecule has 0 saturated carbocycles. The molecular formula is C24H22O. The first-order valence-electron chi connectivity index (χ1n) is 9.03. The molecule has 3 aromatic carbocycles. The zero-order valence-corrected chi connectivity index (χ0v) is 14.3. The lowest BCUT2D eigenvalue weighted by molar-refractivity contribution is 0.0901. The number of aryl methyl sites for hydroxylation is 1. The number of hydrogen-bond acceptors (Lipinski definition) is 1. The second kappa shape index (κ2) is 7.06. The Bertz CT molecular complexity index is 865. The third-order valence-corrected chi connectivity index (χ3v) is 5.15. The van der Waals surface area contributed by atoms with Crippen molar-refractivity contribution in [3.8, 4) is 0 Å². The monoisotopic (exact) mass is 326 g/mol. The first kappa shape index (κ1) is 15.8. The largest absolute Gasteiger partial charge is 0.294 e. The Morgan fingerprint density at radius 2 is 1.44 bits per heavy atom. The maximum absolute atomic E-state index is 13.0. The predicted octanol–water partition coefficient (Wildman–Crippen LogP) is 5.27. The molecule has 25 heavy (non-hydrogen) atoms. The number of Topliss-reactive ketones (excluding diaryl/α,β-unsaturated/α-hetero) is 1. The number of hydrogen-bond donors (Lipinski definition) is 0. The lowest BCUT2D eigenvalue weighted by Crippen LogP contribution is -2.24. The van der Waals surface area contributed by atoms with E-state index in [9.17, 15) is 4.79 Å². The van der Waals surface area contributed by atoms with Crippen LogP contribution in [0.1, 0.15) is 39.0 Å². The van der Waals surface area contributed by atoms with Crippen LogP contribution in [0.5, 0.6) is 0 Å². The van der Waals surface area contributed by atoms with Gasteiger partial charge in [0.2, 0.25) is 0 Å². The first-order valence-corrected chi connectivity index (χ1v) is 9.03. The third kappa shape index (κ3) is 3.56. The highest BCUT2D eigenvalue weighted by Gasteiger charge is 2.27. The van der Waals surface area contributed by atoms with Gasteiger partial charge >= 0.3 is 0 Å². The van der Waals surface area contributed by atoms with E-state index in [-0.39, 0.29) is 5.92 Å². The van der Waals surface area contributed by atoms with Crippen molar-refractivity contribution in [2.24, 2.45) is 5.92 Å². The SMILES string of the molecule is O=C1c2cc(Cc3ccccc3)ccc2CCC1Cc1ccccc1. The van der Waals surface area contributed by atoms with Crippen LogP contribution in [-0.4, -0.2) is 5.78 Å². The van der Waals surface area contributed by atoms with Gasteiger partial charge in [0.25, 0.3) is 0 Å². The van der Waals surface area contributed by atoms with Crippen molar-refractivity contribution in [3.63, 3.8) is 0 Å². The van der Waals surface area contributed by atoms with Gasteiger partial charge in [0.15, 0.2) is 5.78 Å². The molecule has 1 aliphatic carbocycles. The van der Waals surface area contributed by atoms with Crippen LogP contribution in [0.3, 0.4) is 0 Å². The van der Waals surface area contributed by atoms with E-state index in [1.165, 1.54) is 22.3 Å². The molecule has 1 aliphatic rings. The highest BCUT2D eigenvalue weighted by molar-refractivity contribution is 6.00. The van der Waals surface area contributed by atoms with Crippen LogP contribution in [0.2, 0.25) is 0 Å². The van der Waals surface area contributed by atoms with Crippen molar-refractivity contribution in [2.45, 2.75) is 25.7 Å². The zero-order valence-electron chi connectivity index (χ0n) is 14.3.